The van der Waals surface area contributed by atoms with Gasteiger partial charge in [0.05, 0.1) is 0 Å². The maximum Gasteiger partial charge on any atom is 0.254 e. The fraction of sp³-hybridized carbons (Fsp3) is 0.500. The molecule has 0 aliphatic carbocycles. The van der Waals surface area contributed by atoms with Crippen LogP contribution in [0.5, 0.6) is 0 Å². The van der Waals surface area contributed by atoms with Crippen molar-refractivity contribution < 1.29 is 4.79 Å². The SMILES string of the molecule is Cc1ccc(C)c(C(=O)N2CCN(c3ccc(N4CCN(C)CC4)nn3)CC2)c1. The van der Waals surface area contributed by atoms with Crippen molar-refractivity contribution >= 4 is 17.5 Å². The molecule has 0 radical (unpaired) electrons. The van der Waals surface area contributed by atoms with Gasteiger partial charge in [-0.2, -0.15) is 0 Å². The second-order valence-corrected chi connectivity index (χ2v) is 8.14. The zero-order valence-corrected chi connectivity index (χ0v) is 17.6. The van der Waals surface area contributed by atoms with Crippen molar-refractivity contribution in [2.24, 2.45) is 0 Å². The molecule has 154 valence electrons. The third-order valence-corrected chi connectivity index (χ3v) is 5.98. The molecule has 2 saturated heterocycles. The number of aryl methyl sites for hydroxylation is 2. The molecule has 7 heteroatoms. The van der Waals surface area contributed by atoms with Gasteiger partial charge in [-0.15, -0.1) is 10.2 Å². The van der Waals surface area contributed by atoms with Crippen LogP contribution in [-0.2, 0) is 0 Å². The Kier molecular flexibility index (Phi) is 5.67. The lowest BCUT2D eigenvalue weighted by Gasteiger charge is -2.36. The first-order valence-electron chi connectivity index (χ1n) is 10.4. The summed E-state index contributed by atoms with van der Waals surface area (Å²) in [5, 5.41) is 8.93. The van der Waals surface area contributed by atoms with Gasteiger partial charge in [0.15, 0.2) is 11.6 Å². The van der Waals surface area contributed by atoms with Crippen molar-refractivity contribution in [1.82, 2.24) is 20.0 Å². The van der Waals surface area contributed by atoms with E-state index in [9.17, 15) is 4.79 Å². The van der Waals surface area contributed by atoms with E-state index in [1.807, 2.05) is 30.9 Å². The lowest BCUT2D eigenvalue weighted by molar-refractivity contribution is 0.0745. The number of rotatable bonds is 3. The van der Waals surface area contributed by atoms with E-state index in [1.54, 1.807) is 0 Å². The lowest BCUT2D eigenvalue weighted by atomic mass is 10.0. The number of hydrogen-bond acceptors (Lipinski definition) is 6. The maximum absolute atomic E-state index is 12.9. The van der Waals surface area contributed by atoms with Gasteiger partial charge in [0, 0.05) is 57.9 Å². The van der Waals surface area contributed by atoms with E-state index in [0.29, 0.717) is 13.1 Å². The van der Waals surface area contributed by atoms with Crippen LogP contribution in [0.1, 0.15) is 21.5 Å². The van der Waals surface area contributed by atoms with Gasteiger partial charge in [-0.3, -0.25) is 4.79 Å². The number of amides is 1. The molecule has 2 aliphatic heterocycles. The predicted octanol–water partition coefficient (Wildman–Crippen LogP) is 1.81. The monoisotopic (exact) mass is 394 g/mol. The van der Waals surface area contributed by atoms with Gasteiger partial charge in [0.25, 0.3) is 5.91 Å². The zero-order valence-electron chi connectivity index (χ0n) is 17.6. The number of benzene rings is 1. The molecule has 0 unspecified atom stereocenters. The quantitative estimate of drug-likeness (QED) is 0.791. The first-order chi connectivity index (χ1) is 14.0. The van der Waals surface area contributed by atoms with Crippen molar-refractivity contribution in [1.29, 1.82) is 0 Å². The van der Waals surface area contributed by atoms with E-state index in [1.165, 1.54) is 0 Å². The van der Waals surface area contributed by atoms with Gasteiger partial charge in [-0.1, -0.05) is 17.7 Å². The third-order valence-electron chi connectivity index (χ3n) is 5.98. The Hall–Kier alpha value is -2.67. The summed E-state index contributed by atoms with van der Waals surface area (Å²) in [5.74, 6) is 1.97. The molecule has 3 heterocycles. The molecule has 4 rings (SSSR count). The third kappa shape index (κ3) is 4.34. The summed E-state index contributed by atoms with van der Waals surface area (Å²) in [7, 11) is 2.15. The molecule has 0 atom stereocenters. The molecular weight excluding hydrogens is 364 g/mol. The normalized spacial score (nSPS) is 18.2. The van der Waals surface area contributed by atoms with Crippen LogP contribution in [0.3, 0.4) is 0 Å². The fourth-order valence-corrected chi connectivity index (χ4v) is 3.97. The fourth-order valence-electron chi connectivity index (χ4n) is 3.97. The standard InChI is InChI=1S/C22H30N6O/c1-17-4-5-18(2)19(16-17)22(29)28-14-12-27(13-15-28)21-7-6-20(23-24-21)26-10-8-25(3)9-11-26/h4-7,16H,8-15H2,1-3H3. The number of carbonyl (C=O) groups excluding carboxylic acids is 1. The molecule has 2 aliphatic rings. The number of hydrogen-bond donors (Lipinski definition) is 0. The molecule has 1 aromatic carbocycles. The Morgan fingerprint density at radius 3 is 1.90 bits per heavy atom. The van der Waals surface area contributed by atoms with E-state index in [-0.39, 0.29) is 5.91 Å². The highest BCUT2D eigenvalue weighted by atomic mass is 16.2. The molecule has 1 amide bonds. The van der Waals surface area contributed by atoms with Gasteiger partial charge in [0.1, 0.15) is 0 Å². The Morgan fingerprint density at radius 2 is 1.34 bits per heavy atom. The highest BCUT2D eigenvalue weighted by molar-refractivity contribution is 5.96. The molecule has 0 saturated carbocycles. The number of likely N-dealkylation sites (N-methyl/N-ethyl adjacent to an activating group) is 1. The Morgan fingerprint density at radius 1 is 0.793 bits per heavy atom. The summed E-state index contributed by atoms with van der Waals surface area (Å²) in [6, 6.07) is 10.2. The molecule has 29 heavy (non-hydrogen) atoms. The predicted molar refractivity (Wildman–Crippen MR) is 116 cm³/mol. The molecule has 7 nitrogen and oxygen atoms in total. The lowest BCUT2D eigenvalue weighted by Crippen LogP contribution is -2.49. The minimum atomic E-state index is 0.127. The largest absolute Gasteiger partial charge is 0.353 e. The Bertz CT molecular complexity index is 852. The number of anilines is 2. The second-order valence-electron chi connectivity index (χ2n) is 8.14. The summed E-state index contributed by atoms with van der Waals surface area (Å²) in [6.45, 7) is 11.1. The molecule has 0 bridgehead atoms. The van der Waals surface area contributed by atoms with E-state index in [2.05, 4.69) is 50.1 Å². The van der Waals surface area contributed by atoms with Gasteiger partial charge in [-0.05, 0) is 44.7 Å². The van der Waals surface area contributed by atoms with Crippen LogP contribution < -0.4 is 9.80 Å². The Labute approximate surface area is 172 Å². The van der Waals surface area contributed by atoms with Crippen LogP contribution in [0.4, 0.5) is 11.6 Å². The highest BCUT2D eigenvalue weighted by Crippen LogP contribution is 2.19. The maximum atomic E-state index is 12.9. The van der Waals surface area contributed by atoms with E-state index >= 15 is 0 Å². The van der Waals surface area contributed by atoms with E-state index < -0.39 is 0 Å². The van der Waals surface area contributed by atoms with Gasteiger partial charge >= 0.3 is 0 Å². The van der Waals surface area contributed by atoms with Crippen LogP contribution in [0.25, 0.3) is 0 Å². The highest BCUT2D eigenvalue weighted by Gasteiger charge is 2.24. The second kappa shape index (κ2) is 8.37. The van der Waals surface area contributed by atoms with Crippen molar-refractivity contribution in [3.05, 3.63) is 47.0 Å². The summed E-state index contributed by atoms with van der Waals surface area (Å²) < 4.78 is 0. The van der Waals surface area contributed by atoms with Crippen molar-refractivity contribution in [3.8, 4) is 0 Å². The van der Waals surface area contributed by atoms with E-state index in [0.717, 1.165) is 67.6 Å². The summed E-state index contributed by atoms with van der Waals surface area (Å²) in [6.07, 6.45) is 0. The van der Waals surface area contributed by atoms with E-state index in [4.69, 9.17) is 0 Å². The van der Waals surface area contributed by atoms with Crippen molar-refractivity contribution in [2.45, 2.75) is 13.8 Å². The summed E-state index contributed by atoms with van der Waals surface area (Å²) >= 11 is 0. The van der Waals surface area contributed by atoms with Crippen LogP contribution in [0.15, 0.2) is 30.3 Å². The Balaban J connectivity index is 1.36. The summed E-state index contributed by atoms with van der Waals surface area (Å²) in [4.78, 5) is 21.7. The molecular formula is C22H30N6O. The van der Waals surface area contributed by atoms with Gasteiger partial charge < -0.3 is 19.6 Å². The van der Waals surface area contributed by atoms with Gasteiger partial charge in [0.2, 0.25) is 0 Å². The van der Waals surface area contributed by atoms with Crippen LogP contribution in [0.2, 0.25) is 0 Å². The van der Waals surface area contributed by atoms with Crippen molar-refractivity contribution in [3.63, 3.8) is 0 Å². The van der Waals surface area contributed by atoms with Crippen LogP contribution >= 0.6 is 0 Å². The first kappa shape index (κ1) is 19.6. The number of aromatic nitrogens is 2. The number of carbonyl (C=O) groups is 1. The number of piperazine rings is 2. The molecule has 2 fully saturated rings. The summed E-state index contributed by atoms with van der Waals surface area (Å²) in [5.41, 5.74) is 2.97. The first-order valence-corrected chi connectivity index (χ1v) is 10.4. The van der Waals surface area contributed by atoms with Crippen LogP contribution in [-0.4, -0.2) is 85.3 Å². The zero-order chi connectivity index (χ0) is 20.4. The van der Waals surface area contributed by atoms with Crippen LogP contribution in [0, 0.1) is 13.8 Å². The molecule has 1 aromatic heterocycles. The topological polar surface area (TPSA) is 55.8 Å². The number of nitrogens with zero attached hydrogens (tertiary/aromatic N) is 6. The van der Waals surface area contributed by atoms with Gasteiger partial charge in [-0.25, -0.2) is 0 Å². The minimum absolute atomic E-state index is 0.127. The molecule has 0 spiro atoms. The minimum Gasteiger partial charge on any atom is -0.353 e. The smallest absolute Gasteiger partial charge is 0.254 e. The molecule has 2 aromatic rings. The average Bonchev–Trinajstić information content (AvgIpc) is 2.76. The molecule has 0 N–H and O–H groups in total. The van der Waals surface area contributed by atoms with Crippen molar-refractivity contribution in [2.75, 3.05) is 69.2 Å². The average molecular weight is 395 g/mol.